The summed E-state index contributed by atoms with van der Waals surface area (Å²) in [6, 6.07) is -0.885. The van der Waals surface area contributed by atoms with Crippen molar-refractivity contribution in [3.05, 3.63) is 24.3 Å². The smallest absolute Gasteiger partial charge is 0.220 e. The van der Waals surface area contributed by atoms with Crippen molar-refractivity contribution < 1.29 is 89.4 Å². The zero-order valence-corrected chi connectivity index (χ0v) is 52.6. The van der Waals surface area contributed by atoms with Crippen molar-refractivity contribution in [3.63, 3.8) is 0 Å². The molecule has 0 aromatic carbocycles. The first-order valence-corrected chi connectivity index (χ1v) is 34.1. The van der Waals surface area contributed by atoms with E-state index in [9.17, 15) is 61.0 Å². The second-order valence-corrected chi connectivity index (χ2v) is 24.6. The van der Waals surface area contributed by atoms with Gasteiger partial charge in [-0.1, -0.05) is 231 Å². The van der Waals surface area contributed by atoms with Crippen LogP contribution in [0.3, 0.4) is 0 Å². The molecule has 1 amide bonds. The summed E-state index contributed by atoms with van der Waals surface area (Å²) in [5.41, 5.74) is 0. The van der Waals surface area contributed by atoms with E-state index >= 15 is 0 Å². The molecule has 85 heavy (non-hydrogen) atoms. The molecule has 0 bridgehead atoms. The number of aliphatic hydroxyl groups excluding tert-OH is 11. The first kappa shape index (κ1) is 77.5. The van der Waals surface area contributed by atoms with Gasteiger partial charge in [0.15, 0.2) is 18.9 Å². The fourth-order valence-electron chi connectivity index (χ4n) is 11.7. The Bertz CT molecular complexity index is 1640. The number of amides is 1. The average molecular weight is 1220 g/mol. The third-order valence-corrected chi connectivity index (χ3v) is 17.3. The molecule has 3 aliphatic rings. The van der Waals surface area contributed by atoms with Crippen molar-refractivity contribution in [3.8, 4) is 0 Å². The largest absolute Gasteiger partial charge is 0.394 e. The molecule has 12 N–H and O–H groups in total. The van der Waals surface area contributed by atoms with Gasteiger partial charge in [-0.25, -0.2) is 0 Å². The molecule has 500 valence electrons. The molecule has 0 spiro atoms. The predicted molar refractivity (Wildman–Crippen MR) is 328 cm³/mol. The van der Waals surface area contributed by atoms with Gasteiger partial charge in [-0.05, 0) is 44.9 Å². The molecule has 0 aromatic heterocycles. The van der Waals surface area contributed by atoms with Gasteiger partial charge < -0.3 is 89.9 Å². The van der Waals surface area contributed by atoms with Crippen molar-refractivity contribution in [2.45, 2.75) is 362 Å². The van der Waals surface area contributed by atoms with Crippen LogP contribution in [0.15, 0.2) is 24.3 Å². The third-order valence-electron chi connectivity index (χ3n) is 17.3. The van der Waals surface area contributed by atoms with Gasteiger partial charge in [-0.2, -0.15) is 0 Å². The minimum absolute atomic E-state index is 0.241. The van der Waals surface area contributed by atoms with Gasteiger partial charge in [0, 0.05) is 6.42 Å². The molecular formula is C66H123NO18. The van der Waals surface area contributed by atoms with Gasteiger partial charge in [-0.3, -0.25) is 4.79 Å². The molecular weight excluding hydrogens is 1090 g/mol. The molecule has 19 heteroatoms. The van der Waals surface area contributed by atoms with E-state index < -0.39 is 124 Å². The second-order valence-electron chi connectivity index (χ2n) is 24.6. The molecule has 3 aliphatic heterocycles. The van der Waals surface area contributed by atoms with Crippen LogP contribution in [0.5, 0.6) is 0 Å². The first-order valence-electron chi connectivity index (χ1n) is 34.1. The highest BCUT2D eigenvalue weighted by molar-refractivity contribution is 5.76. The highest BCUT2D eigenvalue weighted by atomic mass is 16.8. The van der Waals surface area contributed by atoms with Crippen LogP contribution in [0.25, 0.3) is 0 Å². The minimum atomic E-state index is -1.97. The molecule has 17 atom stereocenters. The van der Waals surface area contributed by atoms with E-state index in [1.165, 1.54) is 173 Å². The van der Waals surface area contributed by atoms with Crippen LogP contribution < -0.4 is 5.32 Å². The summed E-state index contributed by atoms with van der Waals surface area (Å²) in [4.78, 5) is 13.4. The number of aliphatic hydroxyl groups is 11. The summed E-state index contributed by atoms with van der Waals surface area (Å²) in [6.45, 7) is 1.80. The molecule has 19 nitrogen and oxygen atoms in total. The molecule has 3 heterocycles. The van der Waals surface area contributed by atoms with Crippen LogP contribution in [0.1, 0.15) is 258 Å². The Labute approximate surface area is 511 Å². The van der Waals surface area contributed by atoms with Gasteiger partial charge in [0.1, 0.15) is 73.2 Å². The number of unbranched alkanes of at least 4 members (excludes halogenated alkanes) is 32. The van der Waals surface area contributed by atoms with E-state index in [0.29, 0.717) is 12.8 Å². The Morgan fingerprint density at radius 3 is 1.20 bits per heavy atom. The Kier molecular flexibility index (Phi) is 44.7. The summed E-state index contributed by atoms with van der Waals surface area (Å²) >= 11 is 0. The summed E-state index contributed by atoms with van der Waals surface area (Å²) in [6.07, 6.45) is 26.8. The quantitative estimate of drug-likeness (QED) is 0.0201. The maximum atomic E-state index is 13.4. The number of carbonyl (C=O) groups is 1. The van der Waals surface area contributed by atoms with Gasteiger partial charge in [0.2, 0.25) is 5.91 Å². The van der Waals surface area contributed by atoms with Crippen molar-refractivity contribution in [2.75, 3.05) is 26.4 Å². The minimum Gasteiger partial charge on any atom is -0.394 e. The van der Waals surface area contributed by atoms with Crippen molar-refractivity contribution in [1.82, 2.24) is 5.32 Å². The molecule has 0 radical (unpaired) electrons. The number of rotatable bonds is 52. The highest BCUT2D eigenvalue weighted by Crippen LogP contribution is 2.33. The number of nitrogens with one attached hydrogen (secondary N) is 1. The lowest BCUT2D eigenvalue weighted by molar-refractivity contribution is -0.379. The summed E-state index contributed by atoms with van der Waals surface area (Å²) in [5.74, 6) is -0.241. The Hall–Kier alpha value is -1.73. The van der Waals surface area contributed by atoms with Gasteiger partial charge >= 0.3 is 0 Å². The van der Waals surface area contributed by atoms with Gasteiger partial charge in [0.05, 0.1) is 38.6 Å². The van der Waals surface area contributed by atoms with Gasteiger partial charge in [-0.15, -0.1) is 0 Å². The van der Waals surface area contributed by atoms with E-state index in [2.05, 4.69) is 43.5 Å². The lowest BCUT2D eigenvalue weighted by Gasteiger charge is -2.48. The van der Waals surface area contributed by atoms with Crippen molar-refractivity contribution >= 4 is 5.91 Å². The van der Waals surface area contributed by atoms with E-state index in [4.69, 9.17) is 28.4 Å². The molecule has 3 saturated heterocycles. The van der Waals surface area contributed by atoms with Crippen molar-refractivity contribution in [1.29, 1.82) is 0 Å². The summed E-state index contributed by atoms with van der Waals surface area (Å²) in [5, 5.41) is 121. The first-order chi connectivity index (χ1) is 41.3. The summed E-state index contributed by atoms with van der Waals surface area (Å²) < 4.78 is 34.4. The van der Waals surface area contributed by atoms with Crippen LogP contribution in [0.2, 0.25) is 0 Å². The van der Waals surface area contributed by atoms with E-state index in [-0.39, 0.29) is 18.9 Å². The molecule has 3 fully saturated rings. The van der Waals surface area contributed by atoms with E-state index in [0.717, 1.165) is 51.4 Å². The molecule has 0 aliphatic carbocycles. The lowest BCUT2D eigenvalue weighted by Crippen LogP contribution is -2.66. The van der Waals surface area contributed by atoms with Crippen molar-refractivity contribution in [2.24, 2.45) is 0 Å². The third kappa shape index (κ3) is 31.7. The number of hydrogen-bond acceptors (Lipinski definition) is 18. The van der Waals surface area contributed by atoms with E-state index in [1.54, 1.807) is 0 Å². The van der Waals surface area contributed by atoms with Crippen LogP contribution >= 0.6 is 0 Å². The number of ether oxygens (including phenoxy) is 6. The monoisotopic (exact) mass is 1220 g/mol. The number of hydrogen-bond donors (Lipinski definition) is 12. The standard InChI is InChI=1S/C66H123NO18/c1-3-5-7-9-11-13-15-17-19-20-21-22-23-24-25-26-27-28-30-32-34-36-38-40-42-44-54(72)67-49(50(71)43-41-39-37-35-33-31-29-18-16-14-12-10-8-6-4-2)48-80-64-60(78)57(75)62(52(46-69)82-64)85-66-61(79)58(76)63(53(47-70)83-66)84-65-59(77)56(74)55(73)51(45-68)81-65/h15,17,20-21,49-53,55-66,68-71,73-79H,3-14,16,18-19,22-48H2,1-2H3,(H,67,72)/b17-15-,21-20-. The second kappa shape index (κ2) is 49.0. The molecule has 0 aromatic rings. The Morgan fingerprint density at radius 2 is 0.776 bits per heavy atom. The Balaban J connectivity index is 1.42. The van der Waals surface area contributed by atoms with Crippen LogP contribution in [0.4, 0.5) is 0 Å². The average Bonchev–Trinajstić information content (AvgIpc) is 3.63. The highest BCUT2D eigenvalue weighted by Gasteiger charge is 2.53. The van der Waals surface area contributed by atoms with E-state index in [1.807, 2.05) is 0 Å². The fraction of sp³-hybridized carbons (Fsp3) is 0.924. The number of carbonyl (C=O) groups excluding carboxylic acids is 1. The van der Waals surface area contributed by atoms with Crippen LogP contribution in [-0.4, -0.2) is 193 Å². The molecule has 17 unspecified atom stereocenters. The Morgan fingerprint density at radius 1 is 0.424 bits per heavy atom. The predicted octanol–water partition coefficient (Wildman–Crippen LogP) is 8.27. The van der Waals surface area contributed by atoms with Crippen LogP contribution in [0, 0.1) is 0 Å². The van der Waals surface area contributed by atoms with Gasteiger partial charge in [0.25, 0.3) is 0 Å². The molecule has 3 rings (SSSR count). The zero-order valence-electron chi connectivity index (χ0n) is 52.6. The van der Waals surface area contributed by atoms with Crippen LogP contribution in [-0.2, 0) is 33.2 Å². The summed E-state index contributed by atoms with van der Waals surface area (Å²) in [7, 11) is 0. The maximum Gasteiger partial charge on any atom is 0.220 e. The zero-order chi connectivity index (χ0) is 61.9. The fourth-order valence-corrected chi connectivity index (χ4v) is 11.7. The topological polar surface area (TPSA) is 307 Å². The number of allylic oxidation sites excluding steroid dienone is 4. The molecule has 0 saturated carbocycles. The lowest BCUT2D eigenvalue weighted by atomic mass is 9.96. The normalized spacial score (nSPS) is 29.1. The SMILES string of the molecule is CCCCCCC/C=C\C/C=C\CCCCCCCCCCCCCCCC(=O)NC(COC1OC(CO)C(OC2OC(CO)C(OC3OC(CO)C(O)C(O)C3O)C(O)C2O)C(O)C1O)C(O)CCCCCCCCCCCCCCCCC. The maximum absolute atomic E-state index is 13.4.